The molecule has 2 rings (SSSR count). The molecule has 0 fully saturated rings. The highest BCUT2D eigenvalue weighted by Crippen LogP contribution is 2.20. The number of H-pyrrole nitrogens is 1. The number of nitrogens with zero attached hydrogens (tertiary/aromatic N) is 2. The molecule has 0 radical (unpaired) electrons. The second-order valence-electron chi connectivity index (χ2n) is 5.23. The number of halogens is 1. The summed E-state index contributed by atoms with van der Waals surface area (Å²) < 4.78 is 6.02. The second-order valence-corrected chi connectivity index (χ2v) is 6.14. The van der Waals surface area contributed by atoms with Crippen molar-refractivity contribution < 1.29 is 9.53 Å². The van der Waals surface area contributed by atoms with E-state index in [1.165, 1.54) is 0 Å². The van der Waals surface area contributed by atoms with E-state index in [0.29, 0.717) is 18.8 Å². The zero-order chi connectivity index (χ0) is 16.7. The lowest BCUT2D eigenvalue weighted by atomic mass is 10.1. The van der Waals surface area contributed by atoms with Crippen molar-refractivity contribution in [1.29, 1.82) is 0 Å². The Labute approximate surface area is 144 Å². The van der Waals surface area contributed by atoms with E-state index < -0.39 is 0 Å². The van der Waals surface area contributed by atoms with Crippen molar-refractivity contribution in [2.24, 2.45) is 0 Å². The molecule has 1 aromatic heterocycles. The zero-order valence-electron chi connectivity index (χ0n) is 13.3. The Balaban J connectivity index is 1.85. The fourth-order valence-electron chi connectivity index (χ4n) is 2.02. The molecule has 1 heterocycles. The van der Waals surface area contributed by atoms with Crippen LogP contribution < -0.4 is 5.32 Å². The molecule has 2 N–H and O–H groups in total. The van der Waals surface area contributed by atoms with Crippen LogP contribution in [0.15, 0.2) is 34.8 Å². The van der Waals surface area contributed by atoms with E-state index in [4.69, 9.17) is 4.74 Å². The molecule has 2 aromatic rings. The summed E-state index contributed by atoms with van der Waals surface area (Å²) in [6.07, 6.45) is 0. The van der Waals surface area contributed by atoms with E-state index in [1.807, 2.05) is 31.3 Å². The summed E-state index contributed by atoms with van der Waals surface area (Å²) in [5, 5.41) is 9.86. The lowest BCUT2D eigenvalue weighted by molar-refractivity contribution is 0.0942. The first-order valence-corrected chi connectivity index (χ1v) is 8.16. The van der Waals surface area contributed by atoms with Gasteiger partial charge < -0.3 is 15.0 Å². The highest BCUT2D eigenvalue weighted by Gasteiger charge is 2.11. The van der Waals surface area contributed by atoms with E-state index in [0.717, 1.165) is 28.8 Å². The Bertz CT molecular complexity index is 627. The number of likely N-dealkylation sites (N-methyl/N-ethyl adjacent to an activating group) is 1. The van der Waals surface area contributed by atoms with Gasteiger partial charge in [-0.05, 0) is 25.2 Å². The largest absolute Gasteiger partial charge is 0.383 e. The Morgan fingerprint density at radius 2 is 2.09 bits per heavy atom. The molecule has 7 heteroatoms. The monoisotopic (exact) mass is 380 g/mol. The normalized spacial score (nSPS) is 11.0. The second kappa shape index (κ2) is 8.81. The van der Waals surface area contributed by atoms with Crippen LogP contribution in [0.5, 0.6) is 0 Å². The van der Waals surface area contributed by atoms with Crippen molar-refractivity contribution in [2.75, 3.05) is 40.4 Å². The minimum atomic E-state index is -0.152. The van der Waals surface area contributed by atoms with Crippen LogP contribution in [0.3, 0.4) is 0 Å². The molecule has 0 atom stereocenters. The summed E-state index contributed by atoms with van der Waals surface area (Å²) in [6, 6.07) is 9.55. The minimum absolute atomic E-state index is 0.152. The van der Waals surface area contributed by atoms with Crippen molar-refractivity contribution in [1.82, 2.24) is 20.4 Å². The smallest absolute Gasteiger partial charge is 0.269 e. The zero-order valence-corrected chi connectivity index (χ0v) is 14.9. The van der Waals surface area contributed by atoms with Crippen LogP contribution in [0.4, 0.5) is 0 Å². The van der Waals surface area contributed by atoms with E-state index in [2.05, 4.69) is 36.3 Å². The molecule has 23 heavy (non-hydrogen) atoms. The number of hydrogen-bond acceptors (Lipinski definition) is 4. The number of carbonyl (C=O) groups is 1. The predicted octanol–water partition coefficient (Wildman–Crippen LogP) is 2.15. The number of benzene rings is 1. The Morgan fingerprint density at radius 1 is 1.35 bits per heavy atom. The first kappa shape index (κ1) is 17.7. The lowest BCUT2D eigenvalue weighted by Crippen LogP contribution is -2.34. The summed E-state index contributed by atoms with van der Waals surface area (Å²) >= 11 is 3.40. The highest BCUT2D eigenvalue weighted by atomic mass is 79.9. The maximum Gasteiger partial charge on any atom is 0.269 e. The predicted molar refractivity (Wildman–Crippen MR) is 93.4 cm³/mol. The third kappa shape index (κ3) is 5.46. The number of aromatic nitrogens is 2. The lowest BCUT2D eigenvalue weighted by Gasteiger charge is -2.15. The summed E-state index contributed by atoms with van der Waals surface area (Å²) in [7, 11) is 3.67. The summed E-state index contributed by atoms with van der Waals surface area (Å²) in [5.41, 5.74) is 2.17. The average Bonchev–Trinajstić information content (AvgIpc) is 3.03. The number of ether oxygens (including phenoxy) is 1. The summed E-state index contributed by atoms with van der Waals surface area (Å²) in [6.45, 7) is 2.86. The van der Waals surface area contributed by atoms with Crippen LogP contribution in [0.25, 0.3) is 11.3 Å². The number of rotatable bonds is 8. The molecule has 0 saturated heterocycles. The molecule has 124 valence electrons. The quantitative estimate of drug-likeness (QED) is 0.735. The van der Waals surface area contributed by atoms with Gasteiger partial charge in [0.25, 0.3) is 5.91 Å². The minimum Gasteiger partial charge on any atom is -0.383 e. The number of hydrogen-bond donors (Lipinski definition) is 2. The molecule has 6 nitrogen and oxygen atoms in total. The molecule has 0 unspecified atom stereocenters. The number of amides is 1. The molecular formula is C16H21BrN4O2. The molecule has 0 bridgehead atoms. The maximum absolute atomic E-state index is 12.1. The Morgan fingerprint density at radius 3 is 2.78 bits per heavy atom. The van der Waals surface area contributed by atoms with Crippen LogP contribution in [0.1, 0.15) is 10.5 Å². The Hall–Kier alpha value is -1.70. The van der Waals surface area contributed by atoms with E-state index in [9.17, 15) is 4.79 Å². The van der Waals surface area contributed by atoms with E-state index in [1.54, 1.807) is 13.2 Å². The molecule has 0 aliphatic rings. The molecule has 1 aromatic carbocycles. The van der Waals surface area contributed by atoms with Gasteiger partial charge in [0.2, 0.25) is 0 Å². The van der Waals surface area contributed by atoms with Crippen molar-refractivity contribution in [3.05, 3.63) is 40.5 Å². The van der Waals surface area contributed by atoms with Gasteiger partial charge >= 0.3 is 0 Å². The fourth-order valence-corrected chi connectivity index (χ4v) is 2.29. The van der Waals surface area contributed by atoms with Crippen molar-refractivity contribution >= 4 is 21.8 Å². The number of nitrogens with one attached hydrogen (secondary N) is 2. The third-order valence-corrected chi connectivity index (χ3v) is 3.95. The molecular weight excluding hydrogens is 360 g/mol. The highest BCUT2D eigenvalue weighted by molar-refractivity contribution is 9.10. The van der Waals surface area contributed by atoms with Crippen LogP contribution in [-0.4, -0.2) is 61.4 Å². The standard InChI is InChI=1S/C16H21BrN4O2/c1-21(9-10-23-2)8-7-18-16(22)15-11-14(19-20-15)12-3-5-13(17)6-4-12/h3-6,11H,7-10H2,1-2H3,(H,18,22)(H,19,20). The van der Waals surface area contributed by atoms with Gasteiger partial charge in [0, 0.05) is 36.8 Å². The van der Waals surface area contributed by atoms with Gasteiger partial charge in [0.1, 0.15) is 5.69 Å². The first-order chi connectivity index (χ1) is 11.1. The van der Waals surface area contributed by atoms with Crippen LogP contribution in [0, 0.1) is 0 Å². The maximum atomic E-state index is 12.1. The van der Waals surface area contributed by atoms with Gasteiger partial charge in [-0.3, -0.25) is 9.89 Å². The summed E-state index contributed by atoms with van der Waals surface area (Å²) in [4.78, 5) is 14.2. The topological polar surface area (TPSA) is 70.2 Å². The first-order valence-electron chi connectivity index (χ1n) is 7.37. The molecule has 1 amide bonds. The molecule has 0 saturated carbocycles. The fraction of sp³-hybridized carbons (Fsp3) is 0.375. The van der Waals surface area contributed by atoms with E-state index >= 15 is 0 Å². The van der Waals surface area contributed by atoms with Crippen LogP contribution in [-0.2, 0) is 4.74 Å². The van der Waals surface area contributed by atoms with Gasteiger partial charge in [0.05, 0.1) is 12.3 Å². The van der Waals surface area contributed by atoms with Crippen molar-refractivity contribution in [2.45, 2.75) is 0 Å². The summed E-state index contributed by atoms with van der Waals surface area (Å²) in [5.74, 6) is -0.152. The SMILES string of the molecule is COCCN(C)CCNC(=O)c1cc(-c2ccc(Br)cc2)n[nH]1. The van der Waals surface area contributed by atoms with Crippen molar-refractivity contribution in [3.8, 4) is 11.3 Å². The third-order valence-electron chi connectivity index (χ3n) is 3.42. The van der Waals surface area contributed by atoms with E-state index in [-0.39, 0.29) is 5.91 Å². The number of aromatic amines is 1. The molecule has 0 aliphatic carbocycles. The van der Waals surface area contributed by atoms with Crippen LogP contribution >= 0.6 is 15.9 Å². The van der Waals surface area contributed by atoms with Gasteiger partial charge in [-0.15, -0.1) is 0 Å². The van der Waals surface area contributed by atoms with Crippen LogP contribution in [0.2, 0.25) is 0 Å². The van der Waals surface area contributed by atoms with Gasteiger partial charge in [-0.2, -0.15) is 5.10 Å². The Kier molecular flexibility index (Phi) is 6.76. The molecule has 0 spiro atoms. The van der Waals surface area contributed by atoms with Gasteiger partial charge in [0.15, 0.2) is 0 Å². The number of methoxy groups -OCH3 is 1. The van der Waals surface area contributed by atoms with Crippen molar-refractivity contribution in [3.63, 3.8) is 0 Å². The average molecular weight is 381 g/mol. The van der Waals surface area contributed by atoms with Gasteiger partial charge in [-0.1, -0.05) is 28.1 Å². The van der Waals surface area contributed by atoms with Gasteiger partial charge in [-0.25, -0.2) is 0 Å². The number of carbonyl (C=O) groups excluding carboxylic acids is 1. The molecule has 0 aliphatic heterocycles.